The number of rotatable bonds is 2. The molecule has 2 aliphatic rings. The van der Waals surface area contributed by atoms with Crippen molar-refractivity contribution in [2.45, 2.75) is 45.6 Å². The molecule has 1 saturated heterocycles. The van der Waals surface area contributed by atoms with Crippen molar-refractivity contribution in [3.05, 3.63) is 40.4 Å². The fourth-order valence-electron chi connectivity index (χ4n) is 3.61. The van der Waals surface area contributed by atoms with Gasteiger partial charge in [-0.3, -0.25) is 9.56 Å². The third kappa shape index (κ3) is 2.71. The number of fused-ring (bicyclic) bond motifs is 3. The van der Waals surface area contributed by atoms with Crippen molar-refractivity contribution < 1.29 is 0 Å². The highest BCUT2D eigenvalue weighted by Crippen LogP contribution is 2.28. The Hall–Kier alpha value is -1.88. The Morgan fingerprint density at radius 2 is 1.96 bits per heavy atom. The molecule has 2 aliphatic heterocycles. The zero-order valence-corrected chi connectivity index (χ0v) is 14.8. The second kappa shape index (κ2) is 6.55. The van der Waals surface area contributed by atoms with Crippen LogP contribution in [0.5, 0.6) is 0 Å². The van der Waals surface area contributed by atoms with Gasteiger partial charge < -0.3 is 4.90 Å². The molecule has 1 aromatic carbocycles. The first kappa shape index (κ1) is 15.6. The zero-order chi connectivity index (χ0) is 16.5. The van der Waals surface area contributed by atoms with Gasteiger partial charge in [0.2, 0.25) is 0 Å². The van der Waals surface area contributed by atoms with Crippen LogP contribution in [0.4, 0.5) is 0 Å². The van der Waals surface area contributed by atoms with E-state index in [0.717, 1.165) is 59.7 Å². The molecular weight excluding hydrogens is 322 g/mol. The van der Waals surface area contributed by atoms with E-state index in [-0.39, 0.29) is 0 Å². The lowest BCUT2D eigenvalue weighted by atomic mass is 10.1. The Morgan fingerprint density at radius 3 is 2.75 bits per heavy atom. The van der Waals surface area contributed by atoms with Gasteiger partial charge in [0.1, 0.15) is 18.2 Å². The molecule has 24 heavy (non-hydrogen) atoms. The molecule has 0 spiro atoms. The highest BCUT2D eigenvalue weighted by molar-refractivity contribution is 6.31. The molecule has 0 bridgehead atoms. The van der Waals surface area contributed by atoms with Crippen molar-refractivity contribution in [1.29, 1.82) is 0 Å². The van der Waals surface area contributed by atoms with Crippen LogP contribution >= 0.6 is 11.6 Å². The summed E-state index contributed by atoms with van der Waals surface area (Å²) < 4.78 is 2.18. The topological polar surface area (TPSA) is 46.3 Å². The molecule has 1 fully saturated rings. The van der Waals surface area contributed by atoms with Gasteiger partial charge >= 0.3 is 0 Å². The largest absolute Gasteiger partial charge is 0.356 e. The highest BCUT2D eigenvalue weighted by atomic mass is 35.5. The third-order valence-corrected chi connectivity index (χ3v) is 4.97. The number of likely N-dealkylation sites (tertiary alicyclic amines) is 1. The average molecular weight is 344 g/mol. The number of aromatic nitrogens is 3. The summed E-state index contributed by atoms with van der Waals surface area (Å²) in [6.07, 6.45) is 5.71. The van der Waals surface area contributed by atoms with E-state index in [4.69, 9.17) is 16.6 Å². The molecule has 3 heterocycles. The molecule has 2 aromatic rings. The molecule has 0 aliphatic carbocycles. The predicted molar refractivity (Wildman–Crippen MR) is 96.0 cm³/mol. The summed E-state index contributed by atoms with van der Waals surface area (Å²) >= 11 is 6.32. The monoisotopic (exact) mass is 343 g/mol. The van der Waals surface area contributed by atoms with Crippen LogP contribution in [0.15, 0.2) is 23.2 Å². The van der Waals surface area contributed by atoms with E-state index < -0.39 is 0 Å². The highest BCUT2D eigenvalue weighted by Gasteiger charge is 2.25. The van der Waals surface area contributed by atoms with Crippen molar-refractivity contribution >= 4 is 17.4 Å². The SMILES string of the molecule is CCCc1nnc2n1-c1ccc(Cl)cc1C(N1CCCCC1)=NC2. The number of hydrogen-bond donors (Lipinski definition) is 0. The number of hydrogen-bond acceptors (Lipinski definition) is 4. The van der Waals surface area contributed by atoms with Gasteiger partial charge in [-0.05, 0) is 43.9 Å². The van der Waals surface area contributed by atoms with Crippen molar-refractivity contribution in [2.75, 3.05) is 13.1 Å². The maximum Gasteiger partial charge on any atom is 0.159 e. The summed E-state index contributed by atoms with van der Waals surface area (Å²) in [5.74, 6) is 2.97. The molecule has 0 amide bonds. The molecule has 6 heteroatoms. The van der Waals surface area contributed by atoms with Crippen LogP contribution in [0.2, 0.25) is 5.02 Å². The van der Waals surface area contributed by atoms with Gasteiger partial charge in [0.05, 0.1) is 5.69 Å². The summed E-state index contributed by atoms with van der Waals surface area (Å²) in [4.78, 5) is 7.31. The summed E-state index contributed by atoms with van der Waals surface area (Å²) in [6.45, 7) is 4.85. The molecule has 1 aromatic heterocycles. The van der Waals surface area contributed by atoms with E-state index in [1.54, 1.807) is 0 Å². The van der Waals surface area contributed by atoms with Crippen molar-refractivity contribution in [3.63, 3.8) is 0 Å². The van der Waals surface area contributed by atoms with Gasteiger partial charge in [0.15, 0.2) is 5.82 Å². The minimum atomic E-state index is 0.564. The molecule has 0 unspecified atom stereocenters. The normalized spacial score (nSPS) is 17.1. The van der Waals surface area contributed by atoms with Gasteiger partial charge in [-0.15, -0.1) is 10.2 Å². The number of nitrogens with zero attached hydrogens (tertiary/aromatic N) is 5. The summed E-state index contributed by atoms with van der Waals surface area (Å²) in [5, 5.41) is 9.52. The molecule has 4 rings (SSSR count). The lowest BCUT2D eigenvalue weighted by molar-refractivity contribution is 0.342. The second-order valence-corrected chi connectivity index (χ2v) is 6.90. The Kier molecular flexibility index (Phi) is 4.27. The van der Waals surface area contributed by atoms with Crippen LogP contribution in [-0.2, 0) is 13.0 Å². The minimum Gasteiger partial charge on any atom is -0.356 e. The zero-order valence-electron chi connectivity index (χ0n) is 14.0. The first-order valence-corrected chi connectivity index (χ1v) is 9.18. The molecule has 126 valence electrons. The van der Waals surface area contributed by atoms with E-state index >= 15 is 0 Å². The van der Waals surface area contributed by atoms with Gasteiger partial charge in [-0.25, -0.2) is 0 Å². The molecule has 0 radical (unpaired) electrons. The number of aryl methyl sites for hydroxylation is 1. The number of halogens is 1. The number of piperidine rings is 1. The maximum atomic E-state index is 6.32. The van der Waals surface area contributed by atoms with Crippen LogP contribution in [-0.4, -0.2) is 38.6 Å². The van der Waals surface area contributed by atoms with Crippen LogP contribution in [0.3, 0.4) is 0 Å². The summed E-state index contributed by atoms with van der Waals surface area (Å²) in [6, 6.07) is 6.06. The molecule has 0 N–H and O–H groups in total. The smallest absolute Gasteiger partial charge is 0.159 e. The van der Waals surface area contributed by atoms with E-state index in [1.165, 1.54) is 19.3 Å². The quantitative estimate of drug-likeness (QED) is 0.836. The maximum absolute atomic E-state index is 6.32. The average Bonchev–Trinajstić information content (AvgIpc) is 2.92. The minimum absolute atomic E-state index is 0.564. The van der Waals surface area contributed by atoms with Crippen LogP contribution < -0.4 is 0 Å². The molecule has 0 atom stereocenters. The fraction of sp³-hybridized carbons (Fsp3) is 0.500. The molecular formula is C18H22ClN5. The fourth-order valence-corrected chi connectivity index (χ4v) is 3.78. The van der Waals surface area contributed by atoms with Gasteiger partial charge in [-0.2, -0.15) is 0 Å². The first-order chi connectivity index (χ1) is 11.8. The Labute approximate surface area is 147 Å². The van der Waals surface area contributed by atoms with E-state index in [1.807, 2.05) is 12.1 Å². The second-order valence-electron chi connectivity index (χ2n) is 6.47. The third-order valence-electron chi connectivity index (χ3n) is 4.74. The number of aliphatic imine (C=N–C) groups is 1. The van der Waals surface area contributed by atoms with Crippen LogP contribution in [0.25, 0.3) is 5.69 Å². The van der Waals surface area contributed by atoms with Crippen LogP contribution in [0, 0.1) is 0 Å². The van der Waals surface area contributed by atoms with Crippen molar-refractivity contribution in [2.24, 2.45) is 4.99 Å². The van der Waals surface area contributed by atoms with Gasteiger partial charge in [0.25, 0.3) is 0 Å². The predicted octanol–water partition coefficient (Wildman–Crippen LogP) is 3.62. The summed E-state index contributed by atoms with van der Waals surface area (Å²) in [5.41, 5.74) is 2.20. The van der Waals surface area contributed by atoms with Gasteiger partial charge in [0, 0.05) is 30.1 Å². The van der Waals surface area contributed by atoms with E-state index in [0.29, 0.717) is 6.54 Å². The van der Waals surface area contributed by atoms with Crippen molar-refractivity contribution in [1.82, 2.24) is 19.7 Å². The van der Waals surface area contributed by atoms with E-state index in [9.17, 15) is 0 Å². The van der Waals surface area contributed by atoms with E-state index in [2.05, 4.69) is 32.7 Å². The first-order valence-electron chi connectivity index (χ1n) is 8.81. The molecule has 5 nitrogen and oxygen atoms in total. The van der Waals surface area contributed by atoms with Crippen LogP contribution in [0.1, 0.15) is 49.8 Å². The Morgan fingerprint density at radius 1 is 1.12 bits per heavy atom. The lowest BCUT2D eigenvalue weighted by Crippen LogP contribution is -2.36. The summed E-state index contributed by atoms with van der Waals surface area (Å²) in [7, 11) is 0. The molecule has 0 saturated carbocycles. The number of amidine groups is 1. The standard InChI is InChI=1S/C18H22ClN5/c1-2-6-16-21-22-17-12-20-18(23-9-4-3-5-10-23)14-11-13(19)7-8-15(14)24(16)17/h7-8,11H,2-6,9-10,12H2,1H3. The Bertz CT molecular complexity index is 774. The van der Waals surface area contributed by atoms with Crippen molar-refractivity contribution in [3.8, 4) is 5.69 Å². The Balaban J connectivity index is 1.85. The number of benzene rings is 1. The van der Waals surface area contributed by atoms with Gasteiger partial charge in [-0.1, -0.05) is 18.5 Å². The lowest BCUT2D eigenvalue weighted by Gasteiger charge is -2.30.